The Bertz CT molecular complexity index is 1640. The lowest BCUT2D eigenvalue weighted by Gasteiger charge is -2.27. The number of hydrogen-bond acceptors (Lipinski definition) is 5. The summed E-state index contributed by atoms with van der Waals surface area (Å²) in [7, 11) is 1.44. The van der Waals surface area contributed by atoms with E-state index in [-0.39, 0.29) is 38.7 Å². The topological polar surface area (TPSA) is 117 Å². The van der Waals surface area contributed by atoms with E-state index in [1.54, 1.807) is 0 Å². The first-order valence-electron chi connectivity index (χ1n) is 11.5. The molecule has 2 heterocycles. The Morgan fingerprint density at radius 3 is 2.50 bits per heavy atom. The predicted molar refractivity (Wildman–Crippen MR) is 134 cm³/mol. The fraction of sp³-hybridized carbons (Fsp3) is 0.192. The largest absolute Gasteiger partial charge is 0.423 e. The van der Waals surface area contributed by atoms with Crippen LogP contribution in [-0.2, 0) is 5.60 Å². The molecule has 0 aliphatic carbocycles. The van der Waals surface area contributed by atoms with Gasteiger partial charge in [-0.2, -0.15) is 18.4 Å². The Morgan fingerprint density at radius 1 is 1.18 bits per heavy atom. The Labute approximate surface area is 228 Å². The first kappa shape index (κ1) is 27.2. The number of rotatable bonds is 3. The summed E-state index contributed by atoms with van der Waals surface area (Å²) >= 11 is 6.27. The number of carbonyl (C=O) groups excluding carboxylic acids is 2. The van der Waals surface area contributed by atoms with Crippen molar-refractivity contribution in [1.29, 1.82) is 5.26 Å². The maximum Gasteiger partial charge on any atom is 0.423 e. The molecule has 0 aromatic heterocycles. The summed E-state index contributed by atoms with van der Waals surface area (Å²) in [6, 6.07) is 6.55. The second-order valence-corrected chi connectivity index (χ2v) is 9.51. The molecular formula is C26H17ClF5N5O3. The van der Waals surface area contributed by atoms with E-state index in [0.29, 0.717) is 11.0 Å². The van der Waals surface area contributed by atoms with Gasteiger partial charge in [0.25, 0.3) is 5.91 Å². The summed E-state index contributed by atoms with van der Waals surface area (Å²) in [4.78, 5) is 27.1. The second kappa shape index (κ2) is 9.35. The Morgan fingerprint density at radius 2 is 1.85 bits per heavy atom. The van der Waals surface area contributed by atoms with Crippen LogP contribution in [0, 0.1) is 23.0 Å². The van der Waals surface area contributed by atoms with Gasteiger partial charge in [0.15, 0.2) is 0 Å². The van der Waals surface area contributed by atoms with Crippen LogP contribution >= 0.6 is 11.6 Å². The van der Waals surface area contributed by atoms with Gasteiger partial charge in [0.05, 0.1) is 40.8 Å². The molecule has 14 heteroatoms. The number of alkyl halides is 3. The quantitative estimate of drug-likeness (QED) is 0.321. The van der Waals surface area contributed by atoms with Crippen molar-refractivity contribution in [2.75, 3.05) is 29.1 Å². The number of amides is 3. The van der Waals surface area contributed by atoms with Gasteiger partial charge < -0.3 is 21.1 Å². The molecule has 0 unspecified atom stereocenters. The number of fused-ring (bicyclic) bond motifs is 2. The van der Waals surface area contributed by atoms with Crippen molar-refractivity contribution in [3.8, 4) is 6.07 Å². The number of aliphatic hydroxyl groups is 1. The molecule has 0 radical (unpaired) electrons. The van der Waals surface area contributed by atoms with Crippen LogP contribution in [0.2, 0.25) is 5.02 Å². The predicted octanol–water partition coefficient (Wildman–Crippen LogP) is 5.17. The summed E-state index contributed by atoms with van der Waals surface area (Å²) in [6.07, 6.45) is -5.25. The normalized spacial score (nSPS) is 19.5. The molecule has 3 aromatic rings. The molecule has 3 aromatic carbocycles. The van der Waals surface area contributed by atoms with E-state index < -0.39 is 59.2 Å². The number of carbonyl (C=O) groups is 2. The summed E-state index contributed by atoms with van der Waals surface area (Å²) in [6.45, 7) is -1.28. The molecule has 40 heavy (non-hydrogen) atoms. The van der Waals surface area contributed by atoms with Crippen molar-refractivity contribution in [3.63, 3.8) is 0 Å². The molecule has 0 saturated heterocycles. The zero-order valence-corrected chi connectivity index (χ0v) is 21.0. The smallest absolute Gasteiger partial charge is 0.387 e. The van der Waals surface area contributed by atoms with Gasteiger partial charge in [-0.05, 0) is 42.5 Å². The molecule has 2 aliphatic heterocycles. The molecule has 0 saturated carbocycles. The minimum Gasteiger partial charge on any atom is -0.387 e. The van der Waals surface area contributed by atoms with Crippen LogP contribution < -0.4 is 20.9 Å². The SMILES string of the molecule is CNc1cc(NC(=O)N2C[C@](O)(C(F)(F)F)c3cc(F)ccc32)c2c(c1C#N)C(=O)N[C@H]2c1cc(F)ccc1Cl. The molecule has 206 valence electrons. The number of nitriles is 1. The van der Waals surface area contributed by atoms with Crippen LogP contribution in [-0.4, -0.2) is 36.8 Å². The zero-order valence-electron chi connectivity index (χ0n) is 20.3. The summed E-state index contributed by atoms with van der Waals surface area (Å²) < 4.78 is 69.6. The van der Waals surface area contributed by atoms with Gasteiger partial charge in [-0.1, -0.05) is 11.6 Å². The van der Waals surface area contributed by atoms with E-state index >= 15 is 0 Å². The lowest BCUT2D eigenvalue weighted by molar-refractivity contribution is -0.258. The van der Waals surface area contributed by atoms with Gasteiger partial charge in [-0.25, -0.2) is 13.6 Å². The van der Waals surface area contributed by atoms with Crippen LogP contribution in [0.15, 0.2) is 42.5 Å². The van der Waals surface area contributed by atoms with Crippen molar-refractivity contribution in [1.82, 2.24) is 5.32 Å². The van der Waals surface area contributed by atoms with E-state index in [2.05, 4.69) is 16.0 Å². The van der Waals surface area contributed by atoms with Crippen molar-refractivity contribution >= 4 is 40.6 Å². The average Bonchev–Trinajstić information content (AvgIpc) is 3.40. The van der Waals surface area contributed by atoms with E-state index in [1.165, 1.54) is 19.2 Å². The fourth-order valence-electron chi connectivity index (χ4n) is 4.98. The number of β-amino-alcohol motifs (C(OH)–C–C–N with tert-alkyl or cyclic N) is 1. The zero-order chi connectivity index (χ0) is 29.1. The summed E-state index contributed by atoms with van der Waals surface area (Å²) in [5, 5.41) is 28.1. The molecule has 5 rings (SSSR count). The average molecular weight is 578 g/mol. The molecule has 2 aliphatic rings. The third-order valence-corrected chi connectivity index (χ3v) is 7.19. The number of nitrogens with zero attached hydrogens (tertiary/aromatic N) is 2. The fourth-order valence-corrected chi connectivity index (χ4v) is 5.20. The number of nitrogens with one attached hydrogen (secondary N) is 3. The van der Waals surface area contributed by atoms with Gasteiger partial charge in [0, 0.05) is 28.8 Å². The molecule has 3 amide bonds. The Kier molecular flexibility index (Phi) is 6.35. The summed E-state index contributed by atoms with van der Waals surface area (Å²) in [5.41, 5.74) is -4.95. The number of halogens is 6. The lowest BCUT2D eigenvalue weighted by atomic mass is 9.92. The summed E-state index contributed by atoms with van der Waals surface area (Å²) in [5.74, 6) is -2.48. The molecule has 0 fully saturated rings. The minimum atomic E-state index is -5.25. The number of benzene rings is 3. The van der Waals surface area contributed by atoms with E-state index in [0.717, 1.165) is 24.3 Å². The number of anilines is 3. The molecular weight excluding hydrogens is 561 g/mol. The van der Waals surface area contributed by atoms with Gasteiger partial charge in [-0.15, -0.1) is 0 Å². The third kappa shape index (κ3) is 4.07. The van der Waals surface area contributed by atoms with Crippen LogP contribution in [0.1, 0.15) is 38.7 Å². The van der Waals surface area contributed by atoms with Crippen LogP contribution in [0.25, 0.3) is 0 Å². The molecule has 8 nitrogen and oxygen atoms in total. The minimum absolute atomic E-state index is 0.0195. The van der Waals surface area contributed by atoms with E-state index in [4.69, 9.17) is 11.6 Å². The van der Waals surface area contributed by atoms with Gasteiger partial charge in [-0.3, -0.25) is 9.69 Å². The first-order chi connectivity index (χ1) is 18.8. The van der Waals surface area contributed by atoms with Gasteiger partial charge in [0.2, 0.25) is 5.60 Å². The van der Waals surface area contributed by atoms with Crippen molar-refractivity contribution < 1.29 is 36.6 Å². The standard InChI is InChI=1S/C26H17ClF5N5O3/c1-34-17-8-18(21-20(14(17)9-33)23(38)36-22(21)13-6-11(28)2-4-16(13)27)35-24(39)37-10-25(40,26(30,31)32)15-7-12(29)3-5-19(15)37/h2-8,22,34,40H,10H2,1H3,(H,35,39)(H,36,38)/t22-,25+/m0/s1. The Balaban J connectivity index is 1.64. The molecule has 2 atom stereocenters. The van der Waals surface area contributed by atoms with E-state index in [9.17, 15) is 41.9 Å². The monoisotopic (exact) mass is 577 g/mol. The lowest BCUT2D eigenvalue weighted by Crippen LogP contribution is -2.48. The van der Waals surface area contributed by atoms with Crippen LogP contribution in [0.4, 0.5) is 43.8 Å². The first-order valence-corrected chi connectivity index (χ1v) is 11.9. The second-order valence-electron chi connectivity index (χ2n) is 9.11. The van der Waals surface area contributed by atoms with Gasteiger partial charge in [0.1, 0.15) is 17.7 Å². The molecule has 0 spiro atoms. The van der Waals surface area contributed by atoms with Crippen molar-refractivity contribution in [2.24, 2.45) is 0 Å². The highest BCUT2D eigenvalue weighted by atomic mass is 35.5. The highest BCUT2D eigenvalue weighted by Gasteiger charge is 2.61. The molecule has 4 N–H and O–H groups in total. The Hall–Kier alpha value is -4.41. The highest BCUT2D eigenvalue weighted by molar-refractivity contribution is 6.31. The number of urea groups is 1. The molecule has 0 bridgehead atoms. The maximum absolute atomic E-state index is 14.1. The maximum atomic E-state index is 14.1. The van der Waals surface area contributed by atoms with Crippen LogP contribution in [0.5, 0.6) is 0 Å². The van der Waals surface area contributed by atoms with Crippen molar-refractivity contribution in [3.05, 3.63) is 86.9 Å². The third-order valence-electron chi connectivity index (χ3n) is 6.85. The number of hydrogen-bond donors (Lipinski definition) is 4. The van der Waals surface area contributed by atoms with Crippen molar-refractivity contribution in [2.45, 2.75) is 17.8 Å². The van der Waals surface area contributed by atoms with Gasteiger partial charge >= 0.3 is 12.2 Å². The van der Waals surface area contributed by atoms with Crippen LogP contribution in [0.3, 0.4) is 0 Å². The highest BCUT2D eigenvalue weighted by Crippen LogP contribution is 2.49. The van der Waals surface area contributed by atoms with E-state index in [1.807, 2.05) is 6.07 Å².